The van der Waals surface area contributed by atoms with Crippen LogP contribution in [0.15, 0.2) is 66.1 Å². The summed E-state index contributed by atoms with van der Waals surface area (Å²) >= 11 is 1.42. The van der Waals surface area contributed by atoms with Crippen LogP contribution in [0.5, 0.6) is 11.5 Å². The van der Waals surface area contributed by atoms with Crippen LogP contribution < -0.4 is 15.2 Å². The molecule has 0 amide bonds. The van der Waals surface area contributed by atoms with E-state index in [1.165, 1.54) is 23.7 Å². The number of benzene rings is 2. The van der Waals surface area contributed by atoms with Crippen molar-refractivity contribution in [2.24, 2.45) is 0 Å². The summed E-state index contributed by atoms with van der Waals surface area (Å²) < 4.78 is 13.5. The van der Waals surface area contributed by atoms with Crippen LogP contribution in [0.2, 0.25) is 0 Å². The fourth-order valence-corrected chi connectivity index (χ4v) is 3.99. The molecule has 166 valence electrons. The lowest BCUT2D eigenvalue weighted by Crippen LogP contribution is -2.20. The Labute approximate surface area is 190 Å². The highest BCUT2D eigenvalue weighted by Crippen LogP contribution is 2.26. The molecule has 3 N–H and O–H groups in total. The number of thioether (sulfide) groups is 1. The summed E-state index contributed by atoms with van der Waals surface area (Å²) in [6.07, 6.45) is 0.758. The van der Waals surface area contributed by atoms with Crippen molar-refractivity contribution in [1.29, 1.82) is 0 Å². The zero-order valence-corrected chi connectivity index (χ0v) is 18.5. The summed E-state index contributed by atoms with van der Waals surface area (Å²) in [5.74, 6) is 2.25. The first-order valence-electron chi connectivity index (χ1n) is 10.2. The average molecular weight is 452 g/mol. The summed E-state index contributed by atoms with van der Waals surface area (Å²) in [4.78, 5) is 13.0. The van der Waals surface area contributed by atoms with Gasteiger partial charge in [0, 0.05) is 5.75 Å². The van der Waals surface area contributed by atoms with Crippen LogP contribution in [0.4, 0.5) is 5.82 Å². The molecule has 2 heterocycles. The minimum atomic E-state index is -0.666. The number of hydrogen-bond acceptors (Lipinski definition) is 8. The Morgan fingerprint density at radius 1 is 1.03 bits per heavy atom. The lowest BCUT2D eigenvalue weighted by atomic mass is 10.2. The summed E-state index contributed by atoms with van der Waals surface area (Å²) in [5, 5.41) is 11.1. The quantitative estimate of drug-likeness (QED) is 0.354. The number of nitrogen functional groups attached to an aromatic ring is 1. The molecule has 4 aromatic rings. The molecule has 2 aromatic carbocycles. The van der Waals surface area contributed by atoms with Gasteiger partial charge in [0.15, 0.2) is 22.1 Å². The minimum Gasteiger partial charge on any atom is -0.492 e. The molecular weight excluding hydrogens is 426 g/mol. The van der Waals surface area contributed by atoms with Crippen LogP contribution in [0.3, 0.4) is 0 Å². The van der Waals surface area contributed by atoms with Crippen molar-refractivity contribution in [1.82, 2.24) is 19.5 Å². The van der Waals surface area contributed by atoms with Crippen molar-refractivity contribution < 1.29 is 14.6 Å². The number of hydrogen-bond donors (Lipinski definition) is 2. The van der Waals surface area contributed by atoms with Gasteiger partial charge in [0.25, 0.3) is 0 Å². The first-order valence-corrected chi connectivity index (χ1v) is 11.2. The molecule has 0 aliphatic heterocycles. The summed E-state index contributed by atoms with van der Waals surface area (Å²) in [6, 6.07) is 17.3. The number of fused-ring (bicyclic) bond motifs is 1. The van der Waals surface area contributed by atoms with Crippen LogP contribution in [0.25, 0.3) is 11.2 Å². The van der Waals surface area contributed by atoms with Gasteiger partial charge in [-0.3, -0.25) is 0 Å². The summed E-state index contributed by atoms with van der Waals surface area (Å²) in [6.45, 7) is 3.19. The second-order valence-corrected chi connectivity index (χ2v) is 8.21. The zero-order chi connectivity index (χ0) is 22.3. The fraction of sp³-hybridized carbons (Fsp3) is 0.261. The molecule has 9 heteroatoms. The molecule has 0 aliphatic rings. The fourth-order valence-electron chi connectivity index (χ4n) is 3.06. The molecule has 0 radical (unpaired) electrons. The van der Waals surface area contributed by atoms with Crippen molar-refractivity contribution in [3.63, 3.8) is 0 Å². The van der Waals surface area contributed by atoms with Crippen molar-refractivity contribution in [2.45, 2.75) is 24.7 Å². The summed E-state index contributed by atoms with van der Waals surface area (Å²) in [7, 11) is 0. The predicted octanol–water partition coefficient (Wildman–Crippen LogP) is 3.33. The number of nitrogens with two attached hydrogens (primary N) is 1. The van der Waals surface area contributed by atoms with Gasteiger partial charge in [-0.1, -0.05) is 47.7 Å². The van der Waals surface area contributed by atoms with Crippen molar-refractivity contribution in [3.8, 4) is 11.5 Å². The molecule has 0 aliphatic carbocycles. The first-order chi connectivity index (χ1) is 15.6. The third kappa shape index (κ3) is 5.49. The minimum absolute atomic E-state index is 0.190. The lowest BCUT2D eigenvalue weighted by molar-refractivity contribution is 0.126. The van der Waals surface area contributed by atoms with Gasteiger partial charge < -0.3 is 24.9 Å². The highest BCUT2D eigenvalue weighted by Gasteiger charge is 2.17. The standard InChI is InChI=1S/C23H25N5O3S/c1-16-7-9-19(10-8-16)30-12-11-28-22-20(21(24)25-15-26-22)27-23(28)32-14-17(29)13-31-18-5-3-2-4-6-18/h2-10,15,17,29H,11-14H2,1H3,(H2,24,25,26)/t17-/m1/s1. The third-order valence-corrected chi connectivity index (χ3v) is 5.84. The third-order valence-electron chi connectivity index (χ3n) is 4.72. The first kappa shape index (κ1) is 21.9. The normalized spacial score (nSPS) is 12.1. The van der Waals surface area contributed by atoms with Gasteiger partial charge in [0.05, 0.1) is 12.6 Å². The second-order valence-electron chi connectivity index (χ2n) is 7.23. The Morgan fingerprint density at radius 2 is 1.78 bits per heavy atom. The van der Waals surface area contributed by atoms with E-state index >= 15 is 0 Å². The maximum Gasteiger partial charge on any atom is 0.170 e. The molecule has 8 nitrogen and oxygen atoms in total. The van der Waals surface area contributed by atoms with E-state index in [1.54, 1.807) is 0 Å². The van der Waals surface area contributed by atoms with E-state index in [0.29, 0.717) is 41.0 Å². The molecule has 0 saturated heterocycles. The van der Waals surface area contributed by atoms with E-state index in [1.807, 2.05) is 66.1 Å². The maximum absolute atomic E-state index is 10.4. The Kier molecular flexibility index (Phi) is 7.08. The van der Waals surface area contributed by atoms with Gasteiger partial charge in [-0.25, -0.2) is 15.0 Å². The van der Waals surface area contributed by atoms with E-state index in [4.69, 9.17) is 15.2 Å². The van der Waals surface area contributed by atoms with Gasteiger partial charge in [0.1, 0.15) is 31.0 Å². The molecule has 0 saturated carbocycles. The smallest absolute Gasteiger partial charge is 0.170 e. The van der Waals surface area contributed by atoms with E-state index in [9.17, 15) is 5.11 Å². The highest BCUT2D eigenvalue weighted by atomic mass is 32.2. The molecule has 0 unspecified atom stereocenters. The van der Waals surface area contributed by atoms with Crippen LogP contribution in [-0.4, -0.2) is 49.7 Å². The number of aliphatic hydroxyl groups excluding tert-OH is 1. The molecule has 4 rings (SSSR count). The van der Waals surface area contributed by atoms with Crippen LogP contribution in [0.1, 0.15) is 5.56 Å². The number of rotatable bonds is 10. The number of anilines is 1. The van der Waals surface area contributed by atoms with E-state index < -0.39 is 6.10 Å². The van der Waals surface area contributed by atoms with Crippen LogP contribution in [0, 0.1) is 6.92 Å². The van der Waals surface area contributed by atoms with Crippen LogP contribution >= 0.6 is 11.8 Å². The molecule has 0 bridgehead atoms. The topological polar surface area (TPSA) is 108 Å². The second kappa shape index (κ2) is 10.3. The SMILES string of the molecule is Cc1ccc(OCCn2c(SC[C@H](O)COc3ccccc3)nc3c(N)ncnc32)cc1. The van der Waals surface area contributed by atoms with Crippen molar-refractivity contribution in [2.75, 3.05) is 24.7 Å². The number of ether oxygens (including phenoxy) is 2. The molecule has 0 spiro atoms. The Morgan fingerprint density at radius 3 is 2.56 bits per heavy atom. The predicted molar refractivity (Wildman–Crippen MR) is 125 cm³/mol. The van der Waals surface area contributed by atoms with E-state index in [2.05, 4.69) is 15.0 Å². The van der Waals surface area contributed by atoms with Gasteiger partial charge in [-0.2, -0.15) is 0 Å². The van der Waals surface area contributed by atoms with Crippen LogP contribution in [-0.2, 0) is 6.54 Å². The average Bonchev–Trinajstić information content (AvgIpc) is 3.17. The van der Waals surface area contributed by atoms with Gasteiger partial charge in [0.2, 0.25) is 0 Å². The lowest BCUT2D eigenvalue weighted by Gasteiger charge is -2.13. The van der Waals surface area contributed by atoms with Gasteiger partial charge in [-0.05, 0) is 31.2 Å². The molecule has 2 aromatic heterocycles. The summed E-state index contributed by atoms with van der Waals surface area (Å²) in [5.41, 5.74) is 8.37. The Balaban J connectivity index is 1.41. The van der Waals surface area contributed by atoms with Crippen molar-refractivity contribution in [3.05, 3.63) is 66.5 Å². The van der Waals surface area contributed by atoms with Gasteiger partial charge in [-0.15, -0.1) is 0 Å². The zero-order valence-electron chi connectivity index (χ0n) is 17.7. The molecule has 32 heavy (non-hydrogen) atoms. The Hall–Kier alpha value is -3.30. The number of aromatic nitrogens is 4. The monoisotopic (exact) mass is 451 g/mol. The largest absolute Gasteiger partial charge is 0.492 e. The van der Waals surface area contributed by atoms with Gasteiger partial charge >= 0.3 is 0 Å². The molecular formula is C23H25N5O3S. The van der Waals surface area contributed by atoms with E-state index in [-0.39, 0.29) is 6.61 Å². The highest BCUT2D eigenvalue weighted by molar-refractivity contribution is 7.99. The number of aliphatic hydroxyl groups is 1. The number of imidazole rings is 1. The van der Waals surface area contributed by atoms with E-state index in [0.717, 1.165) is 11.5 Å². The molecule has 1 atom stereocenters. The van der Waals surface area contributed by atoms with Crippen molar-refractivity contribution >= 4 is 28.7 Å². The molecule has 0 fully saturated rings. The number of para-hydroxylation sites is 1. The number of aryl methyl sites for hydroxylation is 1. The maximum atomic E-state index is 10.4. The number of nitrogens with zero attached hydrogens (tertiary/aromatic N) is 4. The Bertz CT molecular complexity index is 1150.